The van der Waals surface area contributed by atoms with Crippen molar-refractivity contribution in [1.82, 2.24) is 0 Å². The van der Waals surface area contributed by atoms with Crippen molar-refractivity contribution in [3.05, 3.63) is 21.5 Å². The van der Waals surface area contributed by atoms with Gasteiger partial charge in [-0.25, -0.2) is 4.39 Å². The van der Waals surface area contributed by atoms with E-state index in [1.54, 1.807) is 0 Å². The molecule has 1 rings (SSSR count). The first kappa shape index (κ1) is 12.8. The second-order valence-corrected chi connectivity index (χ2v) is 4.92. The number of hydrogen-bond acceptors (Lipinski definition) is 2. The van der Waals surface area contributed by atoms with Crippen molar-refractivity contribution in [2.75, 3.05) is 12.4 Å². The summed E-state index contributed by atoms with van der Waals surface area (Å²) in [6, 6.07) is 2.12. The quantitative estimate of drug-likeness (QED) is 0.517. The van der Waals surface area contributed by atoms with Crippen LogP contribution >= 0.6 is 31.2 Å². The topological polar surface area (TPSA) is 35.2 Å². The summed E-state index contributed by atoms with van der Waals surface area (Å²) in [5.74, 6) is -4.70. The van der Waals surface area contributed by atoms with Gasteiger partial charge in [-0.2, -0.15) is 8.78 Å². The average Bonchev–Trinajstić information content (AvgIpc) is 2.14. The van der Waals surface area contributed by atoms with E-state index in [4.69, 9.17) is 5.73 Å². The lowest BCUT2D eigenvalue weighted by molar-refractivity contribution is -0.0934. The van der Waals surface area contributed by atoms with Gasteiger partial charge in [-0.1, -0.05) is 0 Å². The number of hydrogen-bond donors (Lipinski definition) is 1. The molecule has 1 aromatic carbocycles. The van der Waals surface area contributed by atoms with Crippen molar-refractivity contribution in [2.45, 2.75) is 5.85 Å². The molecule has 15 heavy (non-hydrogen) atoms. The predicted octanol–water partition coefficient (Wildman–Crippen LogP) is 3.25. The lowest BCUT2D eigenvalue weighted by Crippen LogP contribution is -2.18. The van der Waals surface area contributed by atoms with E-state index in [0.29, 0.717) is 3.57 Å². The van der Waals surface area contributed by atoms with Crippen molar-refractivity contribution in [2.24, 2.45) is 0 Å². The number of benzene rings is 1. The van der Waals surface area contributed by atoms with E-state index in [9.17, 15) is 13.2 Å². The third-order valence-electron chi connectivity index (χ3n) is 1.58. The molecule has 0 bridgehead atoms. The minimum absolute atomic E-state index is 0.197. The summed E-state index contributed by atoms with van der Waals surface area (Å²) in [5.41, 5.74) is 5.59. The minimum Gasteiger partial charge on any atom is -0.427 e. The Bertz CT molecular complexity index is 375. The normalized spacial score (nSPS) is 12.3. The summed E-state index contributed by atoms with van der Waals surface area (Å²) in [7, 11) is -0.756. The standard InChI is InChI=1S/C8H8F3INOP/c1-15-8(10,11)14-7-3-5(12)6(13)2-4(7)9/h2-3,15H,13H2,1H3. The molecule has 0 heterocycles. The first-order valence-electron chi connectivity index (χ1n) is 3.86. The average molecular weight is 349 g/mol. The van der Waals surface area contributed by atoms with E-state index in [2.05, 4.69) is 4.74 Å². The van der Waals surface area contributed by atoms with Crippen LogP contribution in [0.1, 0.15) is 0 Å². The van der Waals surface area contributed by atoms with Gasteiger partial charge in [0.1, 0.15) is 0 Å². The molecule has 1 unspecified atom stereocenters. The van der Waals surface area contributed by atoms with Crippen molar-refractivity contribution >= 4 is 36.9 Å². The Kier molecular flexibility index (Phi) is 4.06. The zero-order valence-corrected chi connectivity index (χ0v) is 10.8. The van der Waals surface area contributed by atoms with Gasteiger partial charge in [-0.05, 0) is 43.9 Å². The van der Waals surface area contributed by atoms with Crippen molar-refractivity contribution in [1.29, 1.82) is 0 Å². The lowest BCUT2D eigenvalue weighted by Gasteiger charge is -2.16. The fourth-order valence-electron chi connectivity index (χ4n) is 0.811. The van der Waals surface area contributed by atoms with Crippen molar-refractivity contribution in [3.63, 3.8) is 0 Å². The Morgan fingerprint density at radius 1 is 1.47 bits per heavy atom. The van der Waals surface area contributed by atoms with Gasteiger partial charge in [-0.15, -0.1) is 0 Å². The van der Waals surface area contributed by atoms with E-state index in [1.165, 1.54) is 6.66 Å². The molecule has 0 fully saturated rings. The maximum atomic E-state index is 13.2. The Morgan fingerprint density at radius 3 is 2.60 bits per heavy atom. The number of anilines is 1. The van der Waals surface area contributed by atoms with Gasteiger partial charge in [-0.3, -0.25) is 0 Å². The first-order valence-corrected chi connectivity index (χ1v) is 6.44. The fraction of sp³-hybridized carbons (Fsp3) is 0.250. The van der Waals surface area contributed by atoms with E-state index in [0.717, 1.165) is 12.1 Å². The number of nitrogens with two attached hydrogens (primary N) is 1. The minimum atomic E-state index is -3.33. The number of rotatable bonds is 3. The summed E-state index contributed by atoms with van der Waals surface area (Å²) in [5, 5.41) is 0. The smallest absolute Gasteiger partial charge is 0.411 e. The van der Waals surface area contributed by atoms with Crippen LogP contribution in [0.15, 0.2) is 12.1 Å². The highest BCUT2D eigenvalue weighted by Crippen LogP contribution is 2.37. The molecule has 84 valence electrons. The van der Waals surface area contributed by atoms with Crippen LogP contribution in [0.2, 0.25) is 0 Å². The van der Waals surface area contributed by atoms with Crippen LogP contribution in [0.3, 0.4) is 0 Å². The van der Waals surface area contributed by atoms with Gasteiger partial charge in [0.25, 0.3) is 0 Å². The van der Waals surface area contributed by atoms with E-state index < -0.39 is 26.0 Å². The van der Waals surface area contributed by atoms with Gasteiger partial charge >= 0.3 is 5.85 Å². The van der Waals surface area contributed by atoms with Crippen molar-refractivity contribution < 1.29 is 17.9 Å². The number of halogens is 4. The molecule has 1 atom stereocenters. The monoisotopic (exact) mass is 349 g/mol. The zero-order valence-electron chi connectivity index (χ0n) is 7.65. The van der Waals surface area contributed by atoms with Crippen LogP contribution in [0, 0.1) is 9.39 Å². The van der Waals surface area contributed by atoms with E-state index >= 15 is 0 Å². The molecule has 2 N–H and O–H groups in total. The Labute approximate surface area is 100 Å². The highest BCUT2D eigenvalue weighted by Gasteiger charge is 2.30. The molecular weight excluding hydrogens is 341 g/mol. The molecule has 0 aromatic heterocycles. The summed E-state index contributed by atoms with van der Waals surface area (Å²) in [4.78, 5) is 0. The van der Waals surface area contributed by atoms with Crippen LogP contribution < -0.4 is 10.5 Å². The van der Waals surface area contributed by atoms with Crippen LogP contribution in [-0.4, -0.2) is 12.5 Å². The fourth-order valence-corrected chi connectivity index (χ4v) is 1.46. The molecule has 2 nitrogen and oxygen atoms in total. The number of alkyl halides is 2. The number of nitrogen functional groups attached to an aromatic ring is 1. The molecule has 0 radical (unpaired) electrons. The van der Waals surface area contributed by atoms with Crippen molar-refractivity contribution in [3.8, 4) is 5.75 Å². The van der Waals surface area contributed by atoms with E-state index in [-0.39, 0.29) is 5.69 Å². The maximum Gasteiger partial charge on any atom is 0.411 e. The van der Waals surface area contributed by atoms with Gasteiger partial charge in [0.05, 0.1) is 0 Å². The SMILES string of the molecule is CPC(F)(F)Oc1cc(I)c(N)cc1F. The van der Waals surface area contributed by atoms with Crippen LogP contribution in [-0.2, 0) is 0 Å². The lowest BCUT2D eigenvalue weighted by atomic mass is 10.3. The van der Waals surface area contributed by atoms with Crippen LogP contribution in [0.5, 0.6) is 5.75 Å². The highest BCUT2D eigenvalue weighted by atomic mass is 127. The highest BCUT2D eigenvalue weighted by molar-refractivity contribution is 14.1. The Balaban J connectivity index is 3.01. The third kappa shape index (κ3) is 3.38. The molecule has 0 amide bonds. The van der Waals surface area contributed by atoms with Gasteiger partial charge in [0.2, 0.25) is 0 Å². The summed E-state index contributed by atoms with van der Waals surface area (Å²) in [6.45, 7) is 1.28. The molecule has 1 aromatic rings. The van der Waals surface area contributed by atoms with Crippen LogP contribution in [0.4, 0.5) is 18.9 Å². The molecule has 0 spiro atoms. The molecule has 0 aliphatic heterocycles. The molecule has 0 aliphatic carbocycles. The Hall–Kier alpha value is -0.230. The van der Waals surface area contributed by atoms with Gasteiger partial charge in [0.15, 0.2) is 11.6 Å². The van der Waals surface area contributed by atoms with Gasteiger partial charge in [0, 0.05) is 15.3 Å². The maximum absolute atomic E-state index is 13.2. The molecular formula is C8H8F3INOP. The Morgan fingerprint density at radius 2 is 2.07 bits per heavy atom. The number of ether oxygens (including phenoxy) is 1. The third-order valence-corrected chi connectivity index (χ3v) is 3.20. The second kappa shape index (κ2) is 4.74. The van der Waals surface area contributed by atoms with Gasteiger partial charge < -0.3 is 10.5 Å². The summed E-state index contributed by atoms with van der Waals surface area (Å²) < 4.78 is 43.6. The molecule has 7 heteroatoms. The summed E-state index contributed by atoms with van der Waals surface area (Å²) >= 11 is 1.82. The first-order chi connectivity index (χ1) is 6.85. The molecule has 0 saturated heterocycles. The zero-order chi connectivity index (χ0) is 11.6. The molecule has 0 saturated carbocycles. The largest absolute Gasteiger partial charge is 0.427 e. The predicted molar refractivity (Wildman–Crippen MR) is 63.3 cm³/mol. The second-order valence-electron chi connectivity index (χ2n) is 2.67. The van der Waals surface area contributed by atoms with E-state index in [1.807, 2.05) is 22.6 Å². The summed E-state index contributed by atoms with van der Waals surface area (Å²) in [6.07, 6.45) is 0. The van der Waals surface area contributed by atoms with Crippen LogP contribution in [0.25, 0.3) is 0 Å². The molecule has 0 aliphatic rings.